The second-order valence-electron chi connectivity index (χ2n) is 7.11. The molecule has 0 atom stereocenters. The van der Waals surface area contributed by atoms with Gasteiger partial charge in [-0.25, -0.2) is 9.56 Å². The molecule has 0 unspecified atom stereocenters. The standard InChI is InChI=1S/C22H21ClN4O2P2S2/c1-26-24-16-18-8-6-10-20(14-18)28-31(23,33)29-21-11-7-9-19(15-21)17-25-27(2)30(26,32)22-12-4-3-5-13-22/h3-17H,1-2H3. The first-order valence-corrected chi connectivity index (χ1v) is 16.1. The fourth-order valence-corrected chi connectivity index (χ4v) is 7.53. The van der Waals surface area contributed by atoms with E-state index in [1.807, 2.05) is 68.7 Å². The number of hydrogen-bond donors (Lipinski definition) is 0. The first kappa shape index (κ1) is 23.9. The van der Waals surface area contributed by atoms with E-state index in [1.165, 1.54) is 0 Å². The third kappa shape index (κ3) is 5.65. The molecule has 3 aromatic rings. The summed E-state index contributed by atoms with van der Waals surface area (Å²) in [6, 6.07) is 24.6. The van der Waals surface area contributed by atoms with Gasteiger partial charge in [-0.15, -0.1) is 0 Å². The van der Waals surface area contributed by atoms with Crippen LogP contribution in [0.5, 0.6) is 11.5 Å². The summed E-state index contributed by atoms with van der Waals surface area (Å²) in [6.45, 7) is 0. The van der Waals surface area contributed by atoms with Crippen LogP contribution in [-0.2, 0) is 23.6 Å². The second-order valence-corrected chi connectivity index (χ2v) is 16.0. The number of fused-ring (bicyclic) bond motifs is 4. The molecule has 1 heterocycles. The Hall–Kier alpha value is -2.21. The highest BCUT2D eigenvalue weighted by Crippen LogP contribution is 2.54. The quantitative estimate of drug-likeness (QED) is 0.368. The van der Waals surface area contributed by atoms with Gasteiger partial charge in [-0.3, -0.25) is 0 Å². The van der Waals surface area contributed by atoms with Gasteiger partial charge in [0.15, 0.2) is 6.34 Å². The summed E-state index contributed by atoms with van der Waals surface area (Å²) in [7, 11) is 3.74. The molecule has 4 rings (SSSR count). The molecule has 4 bridgehead atoms. The molecule has 0 amide bonds. The van der Waals surface area contributed by atoms with Crippen molar-refractivity contribution in [2.45, 2.75) is 0 Å². The zero-order chi connectivity index (χ0) is 23.5. The van der Waals surface area contributed by atoms with Gasteiger partial charge in [-0.2, -0.15) is 10.2 Å². The van der Waals surface area contributed by atoms with Gasteiger partial charge < -0.3 is 9.05 Å². The van der Waals surface area contributed by atoms with Crippen LogP contribution >= 0.6 is 23.4 Å². The normalized spacial score (nSPS) is 23.0. The second kappa shape index (κ2) is 9.96. The minimum atomic E-state index is -3.11. The van der Waals surface area contributed by atoms with Crippen molar-refractivity contribution < 1.29 is 9.05 Å². The van der Waals surface area contributed by atoms with Crippen LogP contribution in [0.1, 0.15) is 11.1 Å². The van der Waals surface area contributed by atoms with Gasteiger partial charge in [0.05, 0.1) is 12.4 Å². The van der Waals surface area contributed by atoms with E-state index in [1.54, 1.807) is 46.3 Å². The minimum absolute atomic E-state index is 0.504. The number of benzene rings is 3. The van der Waals surface area contributed by atoms with E-state index >= 15 is 0 Å². The molecule has 0 saturated heterocycles. The van der Waals surface area contributed by atoms with Crippen molar-refractivity contribution in [3.8, 4) is 11.5 Å². The first-order valence-electron chi connectivity index (χ1n) is 9.87. The van der Waals surface area contributed by atoms with Crippen LogP contribution in [0, 0.1) is 0 Å². The molecule has 1 aliphatic rings. The van der Waals surface area contributed by atoms with Gasteiger partial charge in [-0.05, 0) is 58.4 Å². The Bertz CT molecular complexity index is 1230. The molecular weight excluding hydrogens is 514 g/mol. The zero-order valence-electron chi connectivity index (χ0n) is 17.9. The summed E-state index contributed by atoms with van der Waals surface area (Å²) in [5, 5.41) is 10.3. The lowest BCUT2D eigenvalue weighted by atomic mass is 10.2. The van der Waals surface area contributed by atoms with E-state index in [0.717, 1.165) is 16.4 Å². The van der Waals surface area contributed by atoms with Gasteiger partial charge in [0.25, 0.3) is 0 Å². The Morgan fingerprint density at radius 2 is 1.21 bits per heavy atom. The average Bonchev–Trinajstić information content (AvgIpc) is 2.80. The third-order valence-corrected chi connectivity index (χ3v) is 11.3. The van der Waals surface area contributed by atoms with Crippen molar-refractivity contribution in [1.29, 1.82) is 0 Å². The van der Waals surface area contributed by atoms with E-state index in [4.69, 9.17) is 43.9 Å². The van der Waals surface area contributed by atoms with Crippen LogP contribution in [0.2, 0.25) is 0 Å². The van der Waals surface area contributed by atoms with Crippen molar-refractivity contribution in [3.63, 3.8) is 0 Å². The predicted octanol–water partition coefficient (Wildman–Crippen LogP) is 5.79. The maximum atomic E-state index is 6.44. The van der Waals surface area contributed by atoms with Crippen molar-refractivity contribution >= 4 is 64.8 Å². The van der Waals surface area contributed by atoms with E-state index in [2.05, 4.69) is 10.2 Å². The van der Waals surface area contributed by atoms with Gasteiger partial charge in [0.2, 0.25) is 0 Å². The van der Waals surface area contributed by atoms with Gasteiger partial charge in [-0.1, -0.05) is 54.6 Å². The first-order chi connectivity index (χ1) is 15.8. The SMILES string of the molecule is CN1N=Cc2cccc(c2)OP(=S)(Cl)Oc2cccc(c2)C=NN(C)P1(=S)c1ccccc1. The van der Waals surface area contributed by atoms with E-state index in [9.17, 15) is 0 Å². The number of rotatable bonds is 1. The molecule has 6 nitrogen and oxygen atoms in total. The topological polar surface area (TPSA) is 49.7 Å². The van der Waals surface area contributed by atoms with Gasteiger partial charge in [0, 0.05) is 31.2 Å². The van der Waals surface area contributed by atoms with Gasteiger partial charge in [0.1, 0.15) is 11.5 Å². The van der Waals surface area contributed by atoms with Crippen LogP contribution < -0.4 is 14.4 Å². The smallest absolute Gasteiger partial charge is 0.384 e. The highest BCUT2D eigenvalue weighted by Gasteiger charge is 2.29. The number of hydrogen-bond acceptors (Lipinski definition) is 6. The summed E-state index contributed by atoms with van der Waals surface area (Å²) >= 11 is 18.1. The fraction of sp³-hybridized carbons (Fsp3) is 0.0909. The molecule has 33 heavy (non-hydrogen) atoms. The Morgan fingerprint density at radius 1 is 0.727 bits per heavy atom. The maximum Gasteiger partial charge on any atom is 0.384 e. The number of nitrogens with zero attached hydrogens (tertiary/aromatic N) is 4. The summed E-state index contributed by atoms with van der Waals surface area (Å²) in [4.78, 5) is 0. The van der Waals surface area contributed by atoms with Gasteiger partial charge >= 0.3 is 5.84 Å². The molecule has 170 valence electrons. The maximum absolute atomic E-state index is 6.44. The van der Waals surface area contributed by atoms with Crippen molar-refractivity contribution in [1.82, 2.24) is 9.56 Å². The van der Waals surface area contributed by atoms with Crippen molar-refractivity contribution in [2.24, 2.45) is 10.2 Å². The Kier molecular flexibility index (Phi) is 7.22. The molecular formula is C22H21ClN4O2P2S2. The molecule has 0 spiro atoms. The largest absolute Gasteiger partial charge is 0.425 e. The summed E-state index contributed by atoms with van der Waals surface area (Å²) in [5.41, 5.74) is 1.61. The monoisotopic (exact) mass is 534 g/mol. The Labute approximate surface area is 208 Å². The Balaban J connectivity index is 1.84. The van der Waals surface area contributed by atoms with Crippen LogP contribution in [0.15, 0.2) is 89.1 Å². The molecule has 3 aromatic carbocycles. The average molecular weight is 535 g/mol. The van der Waals surface area contributed by atoms with Crippen molar-refractivity contribution in [2.75, 3.05) is 14.1 Å². The van der Waals surface area contributed by atoms with E-state index in [0.29, 0.717) is 11.5 Å². The molecule has 0 radical (unpaired) electrons. The molecule has 0 saturated carbocycles. The molecule has 0 N–H and O–H groups in total. The molecule has 1 aliphatic heterocycles. The lowest BCUT2D eigenvalue weighted by Gasteiger charge is -2.35. The zero-order valence-corrected chi connectivity index (χ0v) is 22.0. The summed E-state index contributed by atoms with van der Waals surface area (Å²) in [5.74, 6) is -2.10. The van der Waals surface area contributed by atoms with Crippen molar-refractivity contribution in [3.05, 3.63) is 90.0 Å². The fourth-order valence-electron chi connectivity index (χ4n) is 3.16. The van der Waals surface area contributed by atoms with Crippen LogP contribution in [-0.4, -0.2) is 36.1 Å². The summed E-state index contributed by atoms with van der Waals surface area (Å²) < 4.78 is 15.3. The molecule has 0 fully saturated rings. The highest BCUT2D eigenvalue weighted by molar-refractivity contribution is 8.22. The lowest BCUT2D eigenvalue weighted by molar-refractivity contribution is 0.503. The minimum Gasteiger partial charge on any atom is -0.425 e. The third-order valence-electron chi connectivity index (χ3n) is 4.77. The predicted molar refractivity (Wildman–Crippen MR) is 145 cm³/mol. The molecule has 0 aromatic heterocycles. The van der Waals surface area contributed by atoms with E-state index in [-0.39, 0.29) is 0 Å². The lowest BCUT2D eigenvalue weighted by Crippen LogP contribution is -2.27. The van der Waals surface area contributed by atoms with Crippen LogP contribution in [0.25, 0.3) is 0 Å². The molecule has 11 heteroatoms. The number of hydrazone groups is 2. The van der Waals surface area contributed by atoms with Crippen LogP contribution in [0.4, 0.5) is 0 Å². The number of halogens is 1. The highest BCUT2D eigenvalue weighted by atomic mass is 35.7. The Morgan fingerprint density at radius 3 is 1.70 bits per heavy atom. The molecule has 0 aliphatic carbocycles. The van der Waals surface area contributed by atoms with Crippen LogP contribution in [0.3, 0.4) is 0 Å². The summed E-state index contributed by atoms with van der Waals surface area (Å²) in [6.07, 6.45) is 0.891. The van der Waals surface area contributed by atoms with E-state index < -0.39 is 12.2 Å².